The Morgan fingerprint density at radius 1 is 0.900 bits per heavy atom. The van der Waals surface area contributed by atoms with Gasteiger partial charge >= 0.3 is 75.1 Å². The van der Waals surface area contributed by atoms with Gasteiger partial charge in [0.15, 0.2) is 0 Å². The molecule has 0 atom stereocenters. The molecule has 30 heavy (non-hydrogen) atoms. The second-order valence-electron chi connectivity index (χ2n) is 6.81. The van der Waals surface area contributed by atoms with Crippen molar-refractivity contribution in [3.63, 3.8) is 0 Å². The van der Waals surface area contributed by atoms with Gasteiger partial charge in [-0.3, -0.25) is 0 Å². The van der Waals surface area contributed by atoms with Gasteiger partial charge in [-0.15, -0.1) is 24.7 Å². The number of para-hydroxylation sites is 2. The summed E-state index contributed by atoms with van der Waals surface area (Å²) in [5, 5.41) is 21.9. The van der Waals surface area contributed by atoms with Gasteiger partial charge in [-0.2, -0.15) is 0 Å². The van der Waals surface area contributed by atoms with Crippen LogP contribution < -0.4 is 10.2 Å². The van der Waals surface area contributed by atoms with E-state index in [-0.39, 0.29) is 34.7 Å². The molecule has 0 heterocycles. The van der Waals surface area contributed by atoms with E-state index in [9.17, 15) is 10.2 Å². The second-order valence-corrected chi connectivity index (χ2v) is 10.5. The zero-order chi connectivity index (χ0) is 22.0. The van der Waals surface area contributed by atoms with Crippen molar-refractivity contribution in [3.8, 4) is 11.5 Å². The Morgan fingerprint density at radius 3 is 1.83 bits per heavy atom. The minimum atomic E-state index is -0.0811. The van der Waals surface area contributed by atoms with E-state index < -0.39 is 0 Å². The molecule has 0 aromatic heterocycles. The first-order valence-corrected chi connectivity index (χ1v) is 13.4. The molecule has 3 rings (SSSR count). The molecule has 0 aliphatic heterocycles. The molecule has 0 saturated heterocycles. The van der Waals surface area contributed by atoms with E-state index in [1.54, 1.807) is 43.8 Å². The number of hydrogen-bond acceptors (Lipinski definition) is 2. The SMILES string of the molecule is C=CCc1ccccc1[O-].C=CCc1ccccc1[O-].CCC[CH2][Zr+2][C]1=CC=CC1. The van der Waals surface area contributed by atoms with Gasteiger partial charge in [0.1, 0.15) is 0 Å². The molecular weight excluding hydrogens is 448 g/mol. The van der Waals surface area contributed by atoms with Crippen molar-refractivity contribution in [3.05, 3.63) is 106 Å². The quantitative estimate of drug-likeness (QED) is 0.339. The average Bonchev–Trinajstić information content (AvgIpc) is 3.27. The molecule has 0 amide bonds. The third-order valence-electron chi connectivity index (χ3n) is 4.33. The predicted molar refractivity (Wildman–Crippen MR) is 121 cm³/mol. The number of hydrogen-bond donors (Lipinski definition) is 0. The Kier molecular flexibility index (Phi) is 14.4. The Balaban J connectivity index is 0.000000225. The van der Waals surface area contributed by atoms with E-state index in [0.717, 1.165) is 11.1 Å². The van der Waals surface area contributed by atoms with Crippen molar-refractivity contribution < 1.29 is 33.4 Å². The monoisotopic (exact) mass is 478 g/mol. The molecule has 0 bridgehead atoms. The van der Waals surface area contributed by atoms with Gasteiger partial charge in [0.2, 0.25) is 0 Å². The summed E-state index contributed by atoms with van der Waals surface area (Å²) in [6.07, 6.45) is 15.7. The molecule has 0 saturated carbocycles. The molecule has 1 aliphatic carbocycles. The minimum absolute atomic E-state index is 0.0811. The summed E-state index contributed by atoms with van der Waals surface area (Å²) >= 11 is -0.0811. The van der Waals surface area contributed by atoms with Gasteiger partial charge in [-0.25, -0.2) is 0 Å². The Hall–Kier alpha value is -2.12. The van der Waals surface area contributed by atoms with E-state index in [4.69, 9.17) is 0 Å². The van der Waals surface area contributed by atoms with Gasteiger partial charge in [-0.1, -0.05) is 71.8 Å². The van der Waals surface area contributed by atoms with Crippen LogP contribution >= 0.6 is 0 Å². The first-order valence-electron chi connectivity index (χ1n) is 10.4. The van der Waals surface area contributed by atoms with E-state index in [1.807, 2.05) is 24.3 Å². The van der Waals surface area contributed by atoms with Crippen LogP contribution in [-0.2, 0) is 36.1 Å². The van der Waals surface area contributed by atoms with Crippen LogP contribution in [-0.4, -0.2) is 0 Å². The maximum atomic E-state index is 11.0. The fourth-order valence-corrected chi connectivity index (χ4v) is 5.92. The van der Waals surface area contributed by atoms with E-state index in [0.29, 0.717) is 12.8 Å². The van der Waals surface area contributed by atoms with E-state index in [2.05, 4.69) is 38.3 Å². The fraction of sp³-hybridized carbons (Fsp3) is 0.259. The molecule has 0 fully saturated rings. The Bertz CT molecular complexity index is 770. The van der Waals surface area contributed by atoms with Gasteiger partial charge in [-0.05, 0) is 12.8 Å². The topological polar surface area (TPSA) is 46.1 Å². The average molecular weight is 480 g/mol. The summed E-state index contributed by atoms with van der Waals surface area (Å²) in [5.41, 5.74) is 1.63. The zero-order valence-electron chi connectivity index (χ0n) is 18.0. The molecule has 3 heteroatoms. The van der Waals surface area contributed by atoms with Gasteiger partial charge in [0.25, 0.3) is 0 Å². The van der Waals surface area contributed by atoms with Crippen molar-refractivity contribution in [1.82, 2.24) is 0 Å². The molecule has 2 aromatic rings. The first-order chi connectivity index (χ1) is 14.6. The Labute approximate surface area is 193 Å². The molecule has 0 N–H and O–H groups in total. The summed E-state index contributed by atoms with van der Waals surface area (Å²) in [6.45, 7) is 9.39. The summed E-state index contributed by atoms with van der Waals surface area (Å²) in [5.74, 6) is 0.199. The third-order valence-corrected chi connectivity index (χ3v) is 7.84. The molecule has 0 radical (unpaired) electrons. The van der Waals surface area contributed by atoms with Crippen molar-refractivity contribution in [2.24, 2.45) is 0 Å². The zero-order valence-corrected chi connectivity index (χ0v) is 20.4. The van der Waals surface area contributed by atoms with Crippen molar-refractivity contribution in [2.75, 3.05) is 0 Å². The van der Waals surface area contributed by atoms with E-state index >= 15 is 0 Å². The molecule has 0 spiro atoms. The molecular formula is C27H32O2Zr. The Morgan fingerprint density at radius 2 is 1.43 bits per heavy atom. The molecule has 2 nitrogen and oxygen atoms in total. The first kappa shape index (κ1) is 25.9. The van der Waals surface area contributed by atoms with Gasteiger partial charge in [0.05, 0.1) is 0 Å². The van der Waals surface area contributed by atoms with Crippen molar-refractivity contribution in [1.29, 1.82) is 0 Å². The summed E-state index contributed by atoms with van der Waals surface area (Å²) < 4.78 is 3.34. The van der Waals surface area contributed by atoms with Crippen LogP contribution in [0, 0.1) is 0 Å². The number of allylic oxidation sites excluding steroid dienone is 6. The van der Waals surface area contributed by atoms with Crippen LogP contribution in [0.2, 0.25) is 4.13 Å². The van der Waals surface area contributed by atoms with Crippen molar-refractivity contribution >= 4 is 0 Å². The number of rotatable bonds is 8. The summed E-state index contributed by atoms with van der Waals surface area (Å²) in [4.78, 5) is 0. The van der Waals surface area contributed by atoms with Crippen LogP contribution in [0.25, 0.3) is 0 Å². The third kappa shape index (κ3) is 11.2. The van der Waals surface area contributed by atoms with Crippen LogP contribution in [0.3, 0.4) is 0 Å². The van der Waals surface area contributed by atoms with Crippen LogP contribution in [0.15, 0.2) is 95.3 Å². The maximum absolute atomic E-state index is 11.0. The van der Waals surface area contributed by atoms with Crippen LogP contribution in [0.5, 0.6) is 11.5 Å². The standard InChI is InChI=1S/2C9H10O.C5H5.C4H9.Zr/c2*1-2-5-8-6-3-4-7-9(8)10;1-2-4-5-3-1;1-3-4-2;/h2*2-4,6-7,10H,1,5H2;1-3H,4H2;1,3-4H2,2H3;/q;;;;+2/p-2. The summed E-state index contributed by atoms with van der Waals surface area (Å²) in [6, 6.07) is 14.0. The fourth-order valence-electron chi connectivity index (χ4n) is 2.66. The summed E-state index contributed by atoms with van der Waals surface area (Å²) in [7, 11) is 0. The molecule has 1 aliphatic rings. The van der Waals surface area contributed by atoms with Gasteiger partial charge in [0, 0.05) is 0 Å². The van der Waals surface area contributed by atoms with Crippen molar-refractivity contribution in [2.45, 2.75) is 43.2 Å². The predicted octanol–water partition coefficient (Wildman–Crippen LogP) is 6.11. The molecule has 2 aromatic carbocycles. The normalized spacial score (nSPS) is 11.2. The molecule has 0 unspecified atom stereocenters. The number of unbranched alkanes of at least 4 members (excludes halogenated alkanes) is 1. The van der Waals surface area contributed by atoms with E-state index in [1.165, 1.54) is 19.3 Å². The second kappa shape index (κ2) is 16.7. The molecule has 156 valence electrons. The number of benzene rings is 2. The van der Waals surface area contributed by atoms with Crippen LogP contribution in [0.4, 0.5) is 0 Å². The van der Waals surface area contributed by atoms with Gasteiger partial charge < -0.3 is 10.2 Å². The van der Waals surface area contributed by atoms with Crippen LogP contribution in [0.1, 0.15) is 37.3 Å².